The first-order valence-electron chi connectivity index (χ1n) is 7.59. The zero-order valence-corrected chi connectivity index (χ0v) is 13.5. The molecule has 1 aromatic rings. The van der Waals surface area contributed by atoms with Crippen molar-refractivity contribution in [3.05, 3.63) is 11.9 Å². The van der Waals surface area contributed by atoms with Crippen molar-refractivity contribution in [2.24, 2.45) is 0 Å². The molecule has 0 aliphatic heterocycles. The van der Waals surface area contributed by atoms with E-state index in [0.29, 0.717) is 0 Å². The topological polar surface area (TPSA) is 48.3 Å². The van der Waals surface area contributed by atoms with Gasteiger partial charge < -0.3 is 14.8 Å². The van der Waals surface area contributed by atoms with E-state index in [1.165, 1.54) is 0 Å². The lowest BCUT2D eigenvalue weighted by molar-refractivity contribution is 0.0570. The third-order valence-electron chi connectivity index (χ3n) is 3.52. The lowest BCUT2D eigenvalue weighted by Gasteiger charge is -2.28. The Kier molecular flexibility index (Phi) is 7.62. The highest BCUT2D eigenvalue weighted by molar-refractivity contribution is 5.29. The molecule has 0 amide bonds. The van der Waals surface area contributed by atoms with Crippen LogP contribution < -0.4 is 10.1 Å². The van der Waals surface area contributed by atoms with Crippen molar-refractivity contribution >= 4 is 0 Å². The normalized spacial score (nSPS) is 14.2. The zero-order valence-electron chi connectivity index (χ0n) is 13.5. The highest BCUT2D eigenvalue weighted by atomic mass is 16.5. The van der Waals surface area contributed by atoms with Crippen LogP contribution in [0.25, 0.3) is 0 Å². The van der Waals surface area contributed by atoms with Crippen molar-refractivity contribution in [3.8, 4) is 5.75 Å². The summed E-state index contributed by atoms with van der Waals surface area (Å²) in [6.07, 6.45) is 5.10. The van der Waals surface area contributed by atoms with Gasteiger partial charge in [0.1, 0.15) is 0 Å². The molecule has 0 radical (unpaired) electrons. The Hall–Kier alpha value is -1.07. The van der Waals surface area contributed by atoms with Crippen molar-refractivity contribution in [2.75, 3.05) is 20.8 Å². The van der Waals surface area contributed by atoms with Crippen molar-refractivity contribution in [1.82, 2.24) is 15.1 Å². The van der Waals surface area contributed by atoms with E-state index in [4.69, 9.17) is 9.47 Å². The number of nitrogens with zero attached hydrogens (tertiary/aromatic N) is 2. The van der Waals surface area contributed by atoms with E-state index in [9.17, 15) is 0 Å². The smallest absolute Gasteiger partial charge is 0.161 e. The van der Waals surface area contributed by atoms with E-state index >= 15 is 0 Å². The summed E-state index contributed by atoms with van der Waals surface area (Å²) >= 11 is 0. The Morgan fingerprint density at radius 1 is 1.25 bits per heavy atom. The molecular weight excluding hydrogens is 254 g/mol. The van der Waals surface area contributed by atoms with Crippen molar-refractivity contribution < 1.29 is 9.47 Å². The summed E-state index contributed by atoms with van der Waals surface area (Å²) in [4.78, 5) is 0. The Labute approximate surface area is 122 Å². The molecule has 0 aliphatic rings. The minimum atomic E-state index is 0.109. The van der Waals surface area contributed by atoms with Gasteiger partial charge in [0.05, 0.1) is 31.1 Å². The van der Waals surface area contributed by atoms with Crippen LogP contribution in [0, 0.1) is 0 Å². The van der Waals surface area contributed by atoms with Gasteiger partial charge in [-0.1, -0.05) is 20.3 Å². The summed E-state index contributed by atoms with van der Waals surface area (Å²) in [5.74, 6) is 0.832. The summed E-state index contributed by atoms with van der Waals surface area (Å²) in [5, 5.41) is 8.00. The largest absolute Gasteiger partial charge is 0.493 e. The molecule has 2 unspecified atom stereocenters. The van der Waals surface area contributed by atoms with Gasteiger partial charge in [-0.3, -0.25) is 4.68 Å². The lowest BCUT2D eigenvalue weighted by atomic mass is 10.0. The summed E-state index contributed by atoms with van der Waals surface area (Å²) in [7, 11) is 3.47. The van der Waals surface area contributed by atoms with Gasteiger partial charge in [0.15, 0.2) is 5.75 Å². The van der Waals surface area contributed by atoms with Gasteiger partial charge in [-0.25, -0.2) is 0 Å². The second kappa shape index (κ2) is 8.97. The highest BCUT2D eigenvalue weighted by Crippen LogP contribution is 2.30. The van der Waals surface area contributed by atoms with Crippen molar-refractivity contribution in [3.63, 3.8) is 0 Å². The van der Waals surface area contributed by atoms with Crippen molar-refractivity contribution in [1.29, 1.82) is 0 Å². The molecule has 1 heterocycles. The summed E-state index contributed by atoms with van der Waals surface area (Å²) in [6.45, 7) is 8.21. The molecule has 1 aromatic heterocycles. The van der Waals surface area contributed by atoms with Gasteiger partial charge in [-0.05, 0) is 26.3 Å². The molecule has 0 spiro atoms. The monoisotopic (exact) mass is 283 g/mol. The molecule has 5 nitrogen and oxygen atoms in total. The number of nitrogens with one attached hydrogen (secondary N) is 1. The predicted molar refractivity (Wildman–Crippen MR) is 81.2 cm³/mol. The maximum absolute atomic E-state index is 5.71. The van der Waals surface area contributed by atoms with E-state index in [2.05, 4.69) is 31.2 Å². The van der Waals surface area contributed by atoms with Crippen LogP contribution in [0.5, 0.6) is 5.75 Å². The fourth-order valence-corrected chi connectivity index (χ4v) is 2.51. The molecule has 0 saturated carbocycles. The average Bonchev–Trinajstić information content (AvgIpc) is 2.89. The number of aromatic nitrogens is 2. The predicted octanol–water partition coefficient (Wildman–Crippen LogP) is 2.77. The van der Waals surface area contributed by atoms with Crippen molar-refractivity contribution in [2.45, 2.75) is 58.7 Å². The molecule has 0 fully saturated rings. The van der Waals surface area contributed by atoms with Crippen LogP contribution in [0.3, 0.4) is 0 Å². The van der Waals surface area contributed by atoms with Gasteiger partial charge in [-0.2, -0.15) is 5.10 Å². The van der Waals surface area contributed by atoms with Crippen LogP contribution in [-0.4, -0.2) is 36.6 Å². The van der Waals surface area contributed by atoms with E-state index < -0.39 is 0 Å². The minimum Gasteiger partial charge on any atom is -0.493 e. The minimum absolute atomic E-state index is 0.109. The number of ether oxygens (including phenoxy) is 2. The zero-order chi connectivity index (χ0) is 15.0. The van der Waals surface area contributed by atoms with Gasteiger partial charge in [0.25, 0.3) is 0 Å². The van der Waals surface area contributed by atoms with E-state index in [-0.39, 0.29) is 12.1 Å². The van der Waals surface area contributed by atoms with Crippen LogP contribution in [0.15, 0.2) is 6.20 Å². The van der Waals surface area contributed by atoms with E-state index in [0.717, 1.165) is 43.8 Å². The average molecular weight is 283 g/mol. The Bertz CT molecular complexity index is 358. The second-order valence-electron chi connectivity index (χ2n) is 4.91. The molecule has 5 heteroatoms. The molecule has 0 aromatic carbocycles. The number of aryl methyl sites for hydroxylation is 1. The van der Waals surface area contributed by atoms with Gasteiger partial charge >= 0.3 is 0 Å². The van der Waals surface area contributed by atoms with Crippen LogP contribution in [0.2, 0.25) is 0 Å². The number of hydrogen-bond acceptors (Lipinski definition) is 4. The SMILES string of the molecule is CCCNC(c1c(OC)cnn1CC)C(CCC)OC. The molecule has 1 N–H and O–H groups in total. The van der Waals surface area contributed by atoms with Gasteiger partial charge in [-0.15, -0.1) is 0 Å². The summed E-state index contributed by atoms with van der Waals surface area (Å²) < 4.78 is 13.2. The quantitative estimate of drug-likeness (QED) is 0.717. The second-order valence-corrected chi connectivity index (χ2v) is 4.91. The first-order valence-corrected chi connectivity index (χ1v) is 7.59. The molecule has 0 bridgehead atoms. The van der Waals surface area contributed by atoms with Gasteiger partial charge in [0.2, 0.25) is 0 Å². The lowest BCUT2D eigenvalue weighted by Crippen LogP contribution is -2.35. The number of rotatable bonds is 10. The molecule has 116 valence electrons. The molecule has 0 saturated heterocycles. The Morgan fingerprint density at radius 3 is 2.50 bits per heavy atom. The van der Waals surface area contributed by atoms with Crippen LogP contribution in [-0.2, 0) is 11.3 Å². The van der Waals surface area contributed by atoms with E-state index in [1.54, 1.807) is 20.4 Å². The molecule has 20 heavy (non-hydrogen) atoms. The summed E-state index contributed by atoms with van der Waals surface area (Å²) in [5.41, 5.74) is 1.09. The summed E-state index contributed by atoms with van der Waals surface area (Å²) in [6, 6.07) is 0.109. The first kappa shape index (κ1) is 17.0. The number of methoxy groups -OCH3 is 2. The Balaban J connectivity index is 3.10. The molecule has 2 atom stereocenters. The van der Waals surface area contributed by atoms with E-state index in [1.807, 2.05) is 4.68 Å². The number of hydrogen-bond donors (Lipinski definition) is 1. The third-order valence-corrected chi connectivity index (χ3v) is 3.52. The molecular formula is C15H29N3O2. The van der Waals surface area contributed by atoms with Crippen LogP contribution in [0.4, 0.5) is 0 Å². The molecule has 1 rings (SSSR count). The third kappa shape index (κ3) is 3.96. The van der Waals surface area contributed by atoms with Crippen LogP contribution >= 0.6 is 0 Å². The molecule has 0 aliphatic carbocycles. The maximum atomic E-state index is 5.71. The van der Waals surface area contributed by atoms with Gasteiger partial charge in [0, 0.05) is 13.7 Å². The fraction of sp³-hybridized carbons (Fsp3) is 0.800. The standard InChI is InChI=1S/C15H29N3O2/c1-6-9-12(19-4)14(16-10-7-2)15-13(20-5)11-17-18(15)8-3/h11-12,14,16H,6-10H2,1-5H3. The Morgan fingerprint density at radius 2 is 2.00 bits per heavy atom. The fourth-order valence-electron chi connectivity index (χ4n) is 2.51. The first-order chi connectivity index (χ1) is 9.73. The maximum Gasteiger partial charge on any atom is 0.161 e. The highest BCUT2D eigenvalue weighted by Gasteiger charge is 2.28. The van der Waals surface area contributed by atoms with Crippen LogP contribution in [0.1, 0.15) is 51.8 Å².